The topological polar surface area (TPSA) is 41.8 Å². The Morgan fingerprint density at radius 3 is 2.45 bits per heavy atom. The van der Waals surface area contributed by atoms with E-state index in [1.807, 2.05) is 6.07 Å². The van der Waals surface area contributed by atoms with Crippen molar-refractivity contribution in [1.29, 1.82) is 0 Å². The smallest absolute Gasteiger partial charge is 0.0606 e. The minimum Gasteiger partial charge on any atom is -0.353 e. The Morgan fingerprint density at radius 1 is 0.909 bits per heavy atom. The molecular weight excluding hydrogens is 404 g/mol. The molecular formula is C18H18Br2N2. The van der Waals surface area contributed by atoms with Gasteiger partial charge in [-0.3, -0.25) is 0 Å². The van der Waals surface area contributed by atoms with Gasteiger partial charge in [0.05, 0.1) is 11.2 Å². The molecule has 3 N–H and O–H groups in total. The number of aryl methyl sites for hydroxylation is 1. The molecule has 2 nitrogen and oxygen atoms in total. The van der Waals surface area contributed by atoms with Gasteiger partial charge in [-0.15, -0.1) is 0 Å². The van der Waals surface area contributed by atoms with Crippen molar-refractivity contribution in [3.63, 3.8) is 0 Å². The van der Waals surface area contributed by atoms with Crippen molar-refractivity contribution in [2.75, 3.05) is 6.54 Å². The molecule has 0 saturated heterocycles. The lowest BCUT2D eigenvalue weighted by Gasteiger charge is -2.07. The number of aromatic amines is 1. The molecule has 2 aromatic carbocycles. The molecule has 0 aliphatic rings. The van der Waals surface area contributed by atoms with Crippen LogP contribution in [0.1, 0.15) is 18.4 Å². The maximum atomic E-state index is 5.66. The van der Waals surface area contributed by atoms with Gasteiger partial charge < -0.3 is 10.7 Å². The third-order valence-electron chi connectivity index (χ3n) is 3.91. The first-order valence-corrected chi connectivity index (χ1v) is 9.05. The van der Waals surface area contributed by atoms with E-state index in [1.165, 1.54) is 22.2 Å². The Balaban J connectivity index is 2.17. The van der Waals surface area contributed by atoms with Gasteiger partial charge in [-0.25, -0.2) is 0 Å². The summed E-state index contributed by atoms with van der Waals surface area (Å²) in [5.74, 6) is 0. The number of halogens is 2. The zero-order valence-corrected chi connectivity index (χ0v) is 15.4. The minimum atomic E-state index is 0.746. The summed E-state index contributed by atoms with van der Waals surface area (Å²) in [6.07, 6.45) is 3.19. The first-order valence-electron chi connectivity index (χ1n) is 7.46. The zero-order valence-electron chi connectivity index (χ0n) is 12.2. The monoisotopic (exact) mass is 420 g/mol. The van der Waals surface area contributed by atoms with Crippen LogP contribution in [0.2, 0.25) is 0 Å². The van der Waals surface area contributed by atoms with Crippen LogP contribution < -0.4 is 5.73 Å². The van der Waals surface area contributed by atoms with Gasteiger partial charge in [0.15, 0.2) is 0 Å². The standard InChI is InChI=1S/C18H18Br2N2/c19-15-9-2-1-7-14(15)17-12(6-3-4-11-21)13-8-5-10-16(20)18(13)22-17/h1-2,5,7-10,22H,3-4,6,11,21H2. The Labute approximate surface area is 147 Å². The number of nitrogens with two attached hydrogens (primary N) is 1. The first kappa shape index (κ1) is 15.8. The average Bonchev–Trinajstić information content (AvgIpc) is 2.88. The molecule has 0 bridgehead atoms. The molecule has 0 aliphatic heterocycles. The summed E-state index contributed by atoms with van der Waals surface area (Å²) in [5.41, 5.74) is 10.6. The van der Waals surface area contributed by atoms with E-state index >= 15 is 0 Å². The third kappa shape index (κ3) is 3.00. The van der Waals surface area contributed by atoms with Crippen LogP contribution >= 0.6 is 31.9 Å². The van der Waals surface area contributed by atoms with Crippen LogP contribution in [0.3, 0.4) is 0 Å². The summed E-state index contributed by atoms with van der Waals surface area (Å²) in [6.45, 7) is 0.746. The quantitative estimate of drug-likeness (QED) is 0.514. The highest BCUT2D eigenvalue weighted by Crippen LogP contribution is 2.37. The maximum Gasteiger partial charge on any atom is 0.0606 e. The Morgan fingerprint density at radius 2 is 1.68 bits per heavy atom. The summed E-state index contributed by atoms with van der Waals surface area (Å²) in [7, 11) is 0. The summed E-state index contributed by atoms with van der Waals surface area (Å²) in [5, 5.41) is 1.29. The molecule has 0 aliphatic carbocycles. The second-order valence-electron chi connectivity index (χ2n) is 5.37. The van der Waals surface area contributed by atoms with Crippen molar-refractivity contribution < 1.29 is 0 Å². The van der Waals surface area contributed by atoms with E-state index < -0.39 is 0 Å². The number of benzene rings is 2. The molecule has 1 aromatic heterocycles. The SMILES string of the molecule is NCCCCc1c(-c2ccccc2Br)[nH]c2c(Br)cccc12. The predicted octanol–water partition coefficient (Wildman–Crippen LogP) is 5.64. The van der Waals surface area contributed by atoms with Gasteiger partial charge in [0, 0.05) is 19.9 Å². The number of nitrogens with one attached hydrogen (secondary N) is 1. The van der Waals surface area contributed by atoms with E-state index in [9.17, 15) is 0 Å². The molecule has 0 fully saturated rings. The van der Waals surface area contributed by atoms with Crippen molar-refractivity contribution in [3.8, 4) is 11.3 Å². The molecule has 3 rings (SSSR count). The van der Waals surface area contributed by atoms with Crippen molar-refractivity contribution in [2.45, 2.75) is 19.3 Å². The fourth-order valence-corrected chi connectivity index (χ4v) is 3.79. The Bertz CT molecular complexity index is 793. The van der Waals surface area contributed by atoms with Gasteiger partial charge in [0.2, 0.25) is 0 Å². The molecule has 0 saturated carbocycles. The second-order valence-corrected chi connectivity index (χ2v) is 7.08. The number of H-pyrrole nitrogens is 1. The lowest BCUT2D eigenvalue weighted by molar-refractivity contribution is 0.748. The van der Waals surface area contributed by atoms with E-state index in [0.717, 1.165) is 40.3 Å². The van der Waals surface area contributed by atoms with Gasteiger partial charge in [0.25, 0.3) is 0 Å². The summed E-state index contributed by atoms with van der Waals surface area (Å²) in [4.78, 5) is 3.61. The highest BCUT2D eigenvalue weighted by atomic mass is 79.9. The van der Waals surface area contributed by atoms with Crippen LogP contribution in [0, 0.1) is 0 Å². The average molecular weight is 422 g/mol. The number of hydrogen-bond donors (Lipinski definition) is 2. The summed E-state index contributed by atoms with van der Waals surface area (Å²) >= 11 is 7.33. The van der Waals surface area contributed by atoms with Crippen LogP contribution in [0.4, 0.5) is 0 Å². The maximum absolute atomic E-state index is 5.66. The number of para-hydroxylation sites is 1. The molecule has 22 heavy (non-hydrogen) atoms. The fraction of sp³-hybridized carbons (Fsp3) is 0.222. The number of aromatic nitrogens is 1. The van der Waals surface area contributed by atoms with E-state index in [1.54, 1.807) is 0 Å². The summed E-state index contributed by atoms with van der Waals surface area (Å²) < 4.78 is 2.21. The van der Waals surface area contributed by atoms with Crippen LogP contribution in [-0.4, -0.2) is 11.5 Å². The first-order chi connectivity index (χ1) is 10.7. The van der Waals surface area contributed by atoms with Crippen molar-refractivity contribution in [3.05, 3.63) is 57.0 Å². The van der Waals surface area contributed by atoms with Crippen LogP contribution in [0.25, 0.3) is 22.2 Å². The molecule has 114 valence electrons. The highest BCUT2D eigenvalue weighted by molar-refractivity contribution is 9.11. The molecule has 1 heterocycles. The van der Waals surface area contributed by atoms with Crippen LogP contribution in [0.5, 0.6) is 0 Å². The largest absolute Gasteiger partial charge is 0.353 e. The van der Waals surface area contributed by atoms with Crippen molar-refractivity contribution >= 4 is 42.8 Å². The predicted molar refractivity (Wildman–Crippen MR) is 101 cm³/mol. The summed E-state index contributed by atoms with van der Waals surface area (Å²) in [6, 6.07) is 14.7. The lowest BCUT2D eigenvalue weighted by Crippen LogP contribution is -1.99. The van der Waals surface area contributed by atoms with E-state index in [4.69, 9.17) is 5.73 Å². The van der Waals surface area contributed by atoms with E-state index in [0.29, 0.717) is 0 Å². The van der Waals surface area contributed by atoms with Gasteiger partial charge in [0.1, 0.15) is 0 Å². The molecule has 3 aromatic rings. The normalized spacial score (nSPS) is 11.2. The number of fused-ring (bicyclic) bond motifs is 1. The Kier molecular flexibility index (Phi) is 5.01. The van der Waals surface area contributed by atoms with Crippen molar-refractivity contribution in [1.82, 2.24) is 4.98 Å². The van der Waals surface area contributed by atoms with Gasteiger partial charge >= 0.3 is 0 Å². The van der Waals surface area contributed by atoms with Crippen LogP contribution in [-0.2, 0) is 6.42 Å². The molecule has 4 heteroatoms. The lowest BCUT2D eigenvalue weighted by atomic mass is 10.0. The van der Waals surface area contributed by atoms with Gasteiger partial charge in [-0.05, 0) is 59.4 Å². The number of unbranched alkanes of at least 4 members (excludes halogenated alkanes) is 1. The third-order valence-corrected chi connectivity index (χ3v) is 5.27. The molecule has 0 spiro atoms. The molecule has 0 radical (unpaired) electrons. The highest BCUT2D eigenvalue weighted by Gasteiger charge is 2.15. The second kappa shape index (κ2) is 6.99. The zero-order chi connectivity index (χ0) is 15.5. The van der Waals surface area contributed by atoms with Gasteiger partial charge in [-0.1, -0.05) is 46.3 Å². The van der Waals surface area contributed by atoms with Gasteiger partial charge in [-0.2, -0.15) is 0 Å². The van der Waals surface area contributed by atoms with Crippen molar-refractivity contribution in [2.24, 2.45) is 5.73 Å². The van der Waals surface area contributed by atoms with Crippen LogP contribution in [0.15, 0.2) is 51.4 Å². The molecule has 0 amide bonds. The van der Waals surface area contributed by atoms with E-state index in [-0.39, 0.29) is 0 Å². The molecule has 0 atom stereocenters. The number of hydrogen-bond acceptors (Lipinski definition) is 1. The fourth-order valence-electron chi connectivity index (χ4n) is 2.84. The van der Waals surface area contributed by atoms with E-state index in [2.05, 4.69) is 73.2 Å². The minimum absolute atomic E-state index is 0.746. The number of rotatable bonds is 5. The molecule has 0 unspecified atom stereocenters. The Hall–Kier alpha value is -1.10.